The van der Waals surface area contributed by atoms with Crippen LogP contribution in [0, 0.1) is 0 Å². The molecule has 4 rings (SSSR count). The lowest BCUT2D eigenvalue weighted by Gasteiger charge is -2.23. The van der Waals surface area contributed by atoms with Gasteiger partial charge in [0, 0.05) is 21.2 Å². The zero-order valence-electron chi connectivity index (χ0n) is 18.0. The Balaban J connectivity index is 1.68. The molecule has 0 aromatic heterocycles. The van der Waals surface area contributed by atoms with Crippen molar-refractivity contribution in [3.8, 4) is 0 Å². The minimum absolute atomic E-state index is 0.182. The van der Waals surface area contributed by atoms with E-state index in [9.17, 15) is 14.4 Å². The first-order valence-electron chi connectivity index (χ1n) is 10.3. The maximum atomic E-state index is 13.0. The molecule has 0 saturated carbocycles. The second-order valence-corrected chi connectivity index (χ2v) is 8.22. The molecule has 0 unspecified atom stereocenters. The Morgan fingerprint density at radius 1 is 1.03 bits per heavy atom. The summed E-state index contributed by atoms with van der Waals surface area (Å²) in [5, 5.41) is 3.62. The van der Waals surface area contributed by atoms with E-state index in [1.165, 1.54) is 12.0 Å². The monoisotopic (exact) mass is 495 g/mol. The van der Waals surface area contributed by atoms with Gasteiger partial charge in [0.2, 0.25) is 11.8 Å². The van der Waals surface area contributed by atoms with Gasteiger partial charge in [0.15, 0.2) is 0 Å². The van der Waals surface area contributed by atoms with E-state index in [1.54, 1.807) is 54.6 Å². The largest absolute Gasteiger partial charge is 0.465 e. The molecule has 0 spiro atoms. The summed E-state index contributed by atoms with van der Waals surface area (Å²) < 4.78 is 4.77. The number of fused-ring (bicyclic) bond motifs is 1. The molecule has 1 heterocycles. The summed E-state index contributed by atoms with van der Waals surface area (Å²) in [5.41, 5.74) is 2.70. The van der Waals surface area contributed by atoms with Gasteiger partial charge < -0.3 is 15.0 Å². The van der Waals surface area contributed by atoms with Crippen molar-refractivity contribution < 1.29 is 19.1 Å². The van der Waals surface area contributed by atoms with Crippen LogP contribution in [0.4, 0.5) is 11.4 Å². The molecular formula is C25H19Cl2N3O4. The van der Waals surface area contributed by atoms with E-state index < -0.39 is 11.9 Å². The fourth-order valence-corrected chi connectivity index (χ4v) is 4.05. The molecule has 0 bridgehead atoms. The lowest BCUT2D eigenvalue weighted by atomic mass is 10.00. The van der Waals surface area contributed by atoms with Crippen LogP contribution in [0.1, 0.15) is 21.5 Å². The molecule has 3 aromatic rings. The summed E-state index contributed by atoms with van der Waals surface area (Å²) in [6, 6.07) is 18.6. The topological polar surface area (TPSA) is 88.1 Å². The molecule has 1 aliphatic heterocycles. The number of hydrogen-bond donors (Lipinski definition) is 1. The maximum Gasteiger partial charge on any atom is 0.339 e. The van der Waals surface area contributed by atoms with E-state index in [4.69, 9.17) is 27.9 Å². The zero-order chi connectivity index (χ0) is 24.2. The molecule has 34 heavy (non-hydrogen) atoms. The summed E-state index contributed by atoms with van der Waals surface area (Å²) in [4.78, 5) is 43.8. The molecule has 0 fully saturated rings. The van der Waals surface area contributed by atoms with E-state index in [2.05, 4.69) is 10.3 Å². The van der Waals surface area contributed by atoms with E-state index in [0.29, 0.717) is 32.6 Å². The lowest BCUT2D eigenvalue weighted by molar-refractivity contribution is -0.120. The maximum absolute atomic E-state index is 13.0. The lowest BCUT2D eigenvalue weighted by Crippen LogP contribution is -2.39. The molecule has 1 aliphatic rings. The van der Waals surface area contributed by atoms with Crippen LogP contribution in [-0.2, 0) is 14.3 Å². The molecule has 1 N–H and O–H groups in total. The molecule has 0 radical (unpaired) electrons. The van der Waals surface area contributed by atoms with Crippen molar-refractivity contribution in [3.05, 3.63) is 93.5 Å². The van der Waals surface area contributed by atoms with Gasteiger partial charge in [-0.2, -0.15) is 0 Å². The molecule has 0 atom stereocenters. The first-order chi connectivity index (χ1) is 16.4. The third-order valence-electron chi connectivity index (χ3n) is 5.22. The Morgan fingerprint density at radius 2 is 1.76 bits per heavy atom. The number of anilines is 2. The number of nitrogens with one attached hydrogen (secondary N) is 1. The fourth-order valence-electron chi connectivity index (χ4n) is 3.66. The van der Waals surface area contributed by atoms with Gasteiger partial charge in [0.25, 0.3) is 0 Å². The van der Waals surface area contributed by atoms with E-state index >= 15 is 0 Å². The highest BCUT2D eigenvalue weighted by Crippen LogP contribution is 2.31. The molecule has 2 amide bonds. The van der Waals surface area contributed by atoms with Gasteiger partial charge in [-0.15, -0.1) is 0 Å². The van der Waals surface area contributed by atoms with Crippen LogP contribution >= 0.6 is 23.2 Å². The van der Waals surface area contributed by atoms with Crippen molar-refractivity contribution >= 4 is 58.1 Å². The molecule has 0 aliphatic carbocycles. The van der Waals surface area contributed by atoms with Crippen molar-refractivity contribution in [2.45, 2.75) is 0 Å². The van der Waals surface area contributed by atoms with Gasteiger partial charge in [0.1, 0.15) is 13.1 Å². The minimum atomic E-state index is -0.584. The average molecular weight is 496 g/mol. The molecule has 172 valence electrons. The summed E-state index contributed by atoms with van der Waals surface area (Å²) in [6.45, 7) is -0.479. The van der Waals surface area contributed by atoms with E-state index in [-0.39, 0.29) is 30.2 Å². The van der Waals surface area contributed by atoms with Crippen LogP contribution in [0.2, 0.25) is 10.0 Å². The number of halogens is 2. The highest BCUT2D eigenvalue weighted by atomic mass is 35.5. The third-order valence-corrected chi connectivity index (χ3v) is 5.78. The number of methoxy groups -OCH3 is 1. The van der Waals surface area contributed by atoms with Gasteiger partial charge in [-0.3, -0.25) is 14.6 Å². The van der Waals surface area contributed by atoms with Gasteiger partial charge in [-0.25, -0.2) is 4.79 Å². The number of esters is 1. The van der Waals surface area contributed by atoms with Crippen molar-refractivity contribution in [3.63, 3.8) is 0 Å². The number of benzodiazepines with no additional fused rings is 1. The van der Waals surface area contributed by atoms with E-state index in [1.807, 2.05) is 12.1 Å². The van der Waals surface area contributed by atoms with Gasteiger partial charge in [0.05, 0.1) is 29.8 Å². The van der Waals surface area contributed by atoms with Crippen LogP contribution in [0.3, 0.4) is 0 Å². The number of aliphatic imine (C=N–C) groups is 1. The van der Waals surface area contributed by atoms with Crippen molar-refractivity contribution in [2.75, 3.05) is 30.4 Å². The van der Waals surface area contributed by atoms with Crippen molar-refractivity contribution in [2.24, 2.45) is 4.99 Å². The quantitative estimate of drug-likeness (QED) is 0.523. The minimum Gasteiger partial charge on any atom is -0.465 e. The van der Waals surface area contributed by atoms with Crippen molar-refractivity contribution in [1.29, 1.82) is 0 Å². The van der Waals surface area contributed by atoms with Crippen LogP contribution < -0.4 is 10.2 Å². The van der Waals surface area contributed by atoms with Crippen LogP contribution in [0.25, 0.3) is 0 Å². The van der Waals surface area contributed by atoms with Crippen LogP contribution in [-0.4, -0.2) is 43.7 Å². The Morgan fingerprint density at radius 3 is 2.53 bits per heavy atom. The average Bonchev–Trinajstić information content (AvgIpc) is 2.96. The zero-order valence-corrected chi connectivity index (χ0v) is 19.6. The fraction of sp³-hybridized carbons (Fsp3) is 0.120. The van der Waals surface area contributed by atoms with E-state index in [0.717, 1.165) is 0 Å². The summed E-state index contributed by atoms with van der Waals surface area (Å²) in [5.74, 6) is -1.45. The number of ether oxygens (including phenoxy) is 1. The van der Waals surface area contributed by atoms with Crippen LogP contribution in [0.15, 0.2) is 71.7 Å². The Kier molecular flexibility index (Phi) is 6.95. The first-order valence-corrected chi connectivity index (χ1v) is 11.0. The number of hydrogen-bond acceptors (Lipinski definition) is 5. The number of carbonyl (C=O) groups excluding carboxylic acids is 3. The SMILES string of the molecule is COC(=O)c1ccccc1NC(=O)CN1C(=O)CN=C(c2ccccc2Cl)c2cc(Cl)ccc21. The number of carbonyl (C=O) groups is 3. The standard InChI is InChI=1S/C25H19Cl2N3O4/c1-34-25(33)17-7-3-5-9-20(17)29-22(31)14-30-21-11-10-15(26)12-18(21)24(28-13-23(30)32)16-6-2-4-8-19(16)27/h2-12H,13-14H2,1H3,(H,29,31). The summed E-state index contributed by atoms with van der Waals surface area (Å²) in [7, 11) is 1.26. The first kappa shape index (κ1) is 23.5. The normalized spacial score (nSPS) is 13.0. The van der Waals surface area contributed by atoms with Gasteiger partial charge in [-0.1, -0.05) is 53.5 Å². The number of benzene rings is 3. The number of para-hydroxylation sites is 1. The Bertz CT molecular complexity index is 1320. The van der Waals surface area contributed by atoms with Crippen molar-refractivity contribution in [1.82, 2.24) is 0 Å². The van der Waals surface area contributed by atoms with Gasteiger partial charge in [-0.05, 0) is 36.4 Å². The second-order valence-electron chi connectivity index (χ2n) is 7.37. The molecule has 3 aromatic carbocycles. The smallest absolute Gasteiger partial charge is 0.339 e. The number of amides is 2. The highest BCUT2D eigenvalue weighted by Gasteiger charge is 2.28. The Hall–Kier alpha value is -3.68. The van der Waals surface area contributed by atoms with Gasteiger partial charge >= 0.3 is 5.97 Å². The Labute approximate surface area is 206 Å². The van der Waals surface area contributed by atoms with Crippen LogP contribution in [0.5, 0.6) is 0 Å². The predicted molar refractivity (Wildman–Crippen MR) is 132 cm³/mol. The number of nitrogens with zero attached hydrogens (tertiary/aromatic N) is 2. The predicted octanol–water partition coefficient (Wildman–Crippen LogP) is 4.60. The highest BCUT2D eigenvalue weighted by molar-refractivity contribution is 6.37. The molecule has 7 nitrogen and oxygen atoms in total. The molecule has 9 heteroatoms. The second kappa shape index (κ2) is 10.1. The number of rotatable bonds is 5. The summed E-state index contributed by atoms with van der Waals surface area (Å²) in [6.07, 6.45) is 0. The third kappa shape index (κ3) is 4.81. The molecule has 0 saturated heterocycles. The summed E-state index contributed by atoms with van der Waals surface area (Å²) >= 11 is 12.7. The molecular weight excluding hydrogens is 477 g/mol.